The quantitative estimate of drug-likeness (QED) is 0.858. The van der Waals surface area contributed by atoms with E-state index >= 15 is 0 Å². The van der Waals surface area contributed by atoms with Gasteiger partial charge in [-0.2, -0.15) is 0 Å². The predicted molar refractivity (Wildman–Crippen MR) is 96.5 cm³/mol. The van der Waals surface area contributed by atoms with Gasteiger partial charge in [0, 0.05) is 26.6 Å². The molecule has 138 valence electrons. The van der Waals surface area contributed by atoms with E-state index in [-0.39, 0.29) is 17.7 Å². The fraction of sp³-hybridized carbons (Fsp3) is 0.421. The highest BCUT2D eigenvalue weighted by atomic mass is 16.5. The molecule has 7 nitrogen and oxygen atoms in total. The molecule has 1 aliphatic heterocycles. The third-order valence-corrected chi connectivity index (χ3v) is 4.60. The molecule has 0 saturated carbocycles. The molecule has 0 bridgehead atoms. The normalized spacial score (nSPS) is 17.4. The number of piperidine rings is 1. The highest BCUT2D eigenvalue weighted by Crippen LogP contribution is 2.32. The standard InChI is InChI=1S/C19H23N3O4/c1-13-17(14-6-4-3-5-7-14)19(26-21-13)20-18(24)15-8-9-16(23)22(12-15)10-11-25-2/h3-7,15H,8-12H2,1-2H3,(H,20,24). The molecular weight excluding hydrogens is 334 g/mol. The predicted octanol–water partition coefficient (Wildman–Crippen LogP) is 2.47. The van der Waals surface area contributed by atoms with Crippen molar-refractivity contribution in [2.45, 2.75) is 19.8 Å². The van der Waals surface area contributed by atoms with Crippen molar-refractivity contribution in [2.75, 3.05) is 32.1 Å². The SMILES string of the molecule is COCCN1CC(C(=O)Nc2onc(C)c2-c2ccccc2)CCC1=O. The van der Waals surface area contributed by atoms with Crippen molar-refractivity contribution in [3.05, 3.63) is 36.0 Å². The zero-order valence-corrected chi connectivity index (χ0v) is 15.0. The number of benzene rings is 1. The second-order valence-corrected chi connectivity index (χ2v) is 6.40. The lowest BCUT2D eigenvalue weighted by Crippen LogP contribution is -2.45. The Morgan fingerprint density at radius 3 is 2.88 bits per heavy atom. The summed E-state index contributed by atoms with van der Waals surface area (Å²) in [6, 6.07) is 9.67. The minimum absolute atomic E-state index is 0.0617. The van der Waals surface area contributed by atoms with Gasteiger partial charge in [0.25, 0.3) is 0 Å². The molecule has 1 aromatic carbocycles. The molecule has 7 heteroatoms. The highest BCUT2D eigenvalue weighted by molar-refractivity contribution is 5.96. The number of likely N-dealkylation sites (tertiary alicyclic amines) is 1. The van der Waals surface area contributed by atoms with E-state index in [9.17, 15) is 9.59 Å². The Balaban J connectivity index is 1.72. The van der Waals surface area contributed by atoms with Crippen LogP contribution >= 0.6 is 0 Å². The van der Waals surface area contributed by atoms with E-state index in [0.29, 0.717) is 44.1 Å². The van der Waals surface area contributed by atoms with Crippen LogP contribution in [0.4, 0.5) is 5.88 Å². The van der Waals surface area contributed by atoms with Crippen molar-refractivity contribution < 1.29 is 18.8 Å². The van der Waals surface area contributed by atoms with Gasteiger partial charge in [-0.25, -0.2) is 0 Å². The fourth-order valence-electron chi connectivity index (χ4n) is 3.16. The van der Waals surface area contributed by atoms with Crippen LogP contribution in [0.15, 0.2) is 34.9 Å². The van der Waals surface area contributed by atoms with Gasteiger partial charge in [-0.05, 0) is 18.9 Å². The minimum atomic E-state index is -0.279. The van der Waals surface area contributed by atoms with Crippen LogP contribution in [0.2, 0.25) is 0 Å². The summed E-state index contributed by atoms with van der Waals surface area (Å²) in [4.78, 5) is 26.4. The van der Waals surface area contributed by atoms with Crippen LogP contribution in [-0.4, -0.2) is 48.7 Å². The van der Waals surface area contributed by atoms with Gasteiger partial charge in [-0.15, -0.1) is 0 Å². The third kappa shape index (κ3) is 3.94. The molecule has 1 N–H and O–H groups in total. The monoisotopic (exact) mass is 357 g/mol. The Labute approximate surface area is 152 Å². The number of ether oxygens (including phenoxy) is 1. The van der Waals surface area contributed by atoms with Gasteiger partial charge in [0.05, 0.1) is 23.8 Å². The molecule has 2 heterocycles. The van der Waals surface area contributed by atoms with Crippen molar-refractivity contribution in [3.63, 3.8) is 0 Å². The zero-order valence-electron chi connectivity index (χ0n) is 15.0. The maximum atomic E-state index is 12.7. The number of hydrogen-bond donors (Lipinski definition) is 1. The number of rotatable bonds is 6. The molecule has 1 saturated heterocycles. The summed E-state index contributed by atoms with van der Waals surface area (Å²) in [5.74, 6) is -0.0301. The van der Waals surface area contributed by atoms with Gasteiger partial charge in [-0.3, -0.25) is 14.9 Å². The molecule has 1 unspecified atom stereocenters. The summed E-state index contributed by atoms with van der Waals surface area (Å²) in [6.45, 7) is 3.18. The summed E-state index contributed by atoms with van der Waals surface area (Å²) >= 11 is 0. The summed E-state index contributed by atoms with van der Waals surface area (Å²) < 4.78 is 10.4. The summed E-state index contributed by atoms with van der Waals surface area (Å²) in [5.41, 5.74) is 2.43. The largest absolute Gasteiger partial charge is 0.383 e. The van der Waals surface area contributed by atoms with E-state index < -0.39 is 0 Å². The molecular formula is C19H23N3O4. The lowest BCUT2D eigenvalue weighted by atomic mass is 9.96. The number of methoxy groups -OCH3 is 1. The fourth-order valence-corrected chi connectivity index (χ4v) is 3.16. The summed E-state index contributed by atoms with van der Waals surface area (Å²) in [6.07, 6.45) is 0.894. The van der Waals surface area contributed by atoms with Gasteiger partial charge < -0.3 is 14.2 Å². The second kappa shape index (κ2) is 8.14. The van der Waals surface area contributed by atoms with Gasteiger partial charge in [-0.1, -0.05) is 35.5 Å². The number of nitrogens with one attached hydrogen (secondary N) is 1. The van der Waals surface area contributed by atoms with Crippen LogP contribution in [0, 0.1) is 12.8 Å². The van der Waals surface area contributed by atoms with Crippen molar-refractivity contribution in [2.24, 2.45) is 5.92 Å². The van der Waals surface area contributed by atoms with Gasteiger partial charge in [0.2, 0.25) is 17.7 Å². The van der Waals surface area contributed by atoms with Gasteiger partial charge in [0.15, 0.2) is 0 Å². The van der Waals surface area contributed by atoms with E-state index in [1.54, 1.807) is 12.0 Å². The Morgan fingerprint density at radius 2 is 2.15 bits per heavy atom. The van der Waals surface area contributed by atoms with E-state index in [1.807, 2.05) is 37.3 Å². The Kier molecular flexibility index (Phi) is 5.68. The molecule has 1 atom stereocenters. The first kappa shape index (κ1) is 18.1. The van der Waals surface area contributed by atoms with Crippen LogP contribution in [-0.2, 0) is 14.3 Å². The van der Waals surface area contributed by atoms with Crippen LogP contribution in [0.1, 0.15) is 18.5 Å². The molecule has 1 aliphatic rings. The third-order valence-electron chi connectivity index (χ3n) is 4.60. The zero-order chi connectivity index (χ0) is 18.5. The van der Waals surface area contributed by atoms with E-state index in [1.165, 1.54) is 0 Å². The lowest BCUT2D eigenvalue weighted by Gasteiger charge is -2.31. The Bertz CT molecular complexity index is 772. The smallest absolute Gasteiger partial charge is 0.239 e. The van der Waals surface area contributed by atoms with E-state index in [4.69, 9.17) is 9.26 Å². The molecule has 0 spiro atoms. The van der Waals surface area contributed by atoms with E-state index in [0.717, 1.165) is 11.1 Å². The average Bonchev–Trinajstić information content (AvgIpc) is 3.01. The number of aryl methyl sites for hydroxylation is 1. The topological polar surface area (TPSA) is 84.7 Å². The van der Waals surface area contributed by atoms with Gasteiger partial charge in [0.1, 0.15) is 0 Å². The van der Waals surface area contributed by atoms with Crippen LogP contribution < -0.4 is 5.32 Å². The Hall–Kier alpha value is -2.67. The first-order chi connectivity index (χ1) is 12.6. The molecule has 0 aliphatic carbocycles. The molecule has 2 amide bonds. The molecule has 3 rings (SSSR count). The minimum Gasteiger partial charge on any atom is -0.383 e. The lowest BCUT2D eigenvalue weighted by molar-refractivity contribution is -0.137. The average molecular weight is 357 g/mol. The maximum absolute atomic E-state index is 12.7. The summed E-state index contributed by atoms with van der Waals surface area (Å²) in [5, 5.41) is 6.84. The highest BCUT2D eigenvalue weighted by Gasteiger charge is 2.31. The Morgan fingerprint density at radius 1 is 1.38 bits per heavy atom. The second-order valence-electron chi connectivity index (χ2n) is 6.40. The molecule has 1 fully saturated rings. The number of hydrogen-bond acceptors (Lipinski definition) is 5. The first-order valence-electron chi connectivity index (χ1n) is 8.69. The number of anilines is 1. The van der Waals surface area contributed by atoms with E-state index in [2.05, 4.69) is 10.5 Å². The number of carbonyl (C=O) groups excluding carboxylic acids is 2. The molecule has 1 aromatic heterocycles. The van der Waals surface area contributed by atoms with Crippen molar-refractivity contribution in [1.29, 1.82) is 0 Å². The first-order valence-corrected chi connectivity index (χ1v) is 8.69. The molecule has 0 radical (unpaired) electrons. The summed E-state index contributed by atoms with van der Waals surface area (Å²) in [7, 11) is 1.59. The number of aromatic nitrogens is 1. The molecule has 26 heavy (non-hydrogen) atoms. The van der Waals surface area contributed by atoms with Crippen molar-refractivity contribution in [1.82, 2.24) is 10.1 Å². The number of nitrogens with zero attached hydrogens (tertiary/aromatic N) is 2. The van der Waals surface area contributed by atoms with Crippen molar-refractivity contribution >= 4 is 17.7 Å². The van der Waals surface area contributed by atoms with Crippen LogP contribution in [0.5, 0.6) is 0 Å². The van der Waals surface area contributed by atoms with Crippen LogP contribution in [0.3, 0.4) is 0 Å². The number of carbonyl (C=O) groups is 2. The van der Waals surface area contributed by atoms with Gasteiger partial charge >= 0.3 is 0 Å². The van der Waals surface area contributed by atoms with Crippen molar-refractivity contribution in [3.8, 4) is 11.1 Å². The number of amides is 2. The van der Waals surface area contributed by atoms with Crippen LogP contribution in [0.25, 0.3) is 11.1 Å². The maximum Gasteiger partial charge on any atom is 0.239 e. The molecule has 2 aromatic rings.